The molecule has 0 aromatic rings. The number of fused-ring (bicyclic) bond motifs is 3. The largest absolute Gasteiger partial charge is 0.462 e. The lowest BCUT2D eigenvalue weighted by molar-refractivity contribution is -0.469. The van der Waals surface area contributed by atoms with Crippen LogP contribution in [0.4, 0.5) is 0 Å². The third-order valence-corrected chi connectivity index (χ3v) is 7.37. The first-order valence-electron chi connectivity index (χ1n) is 10.7. The van der Waals surface area contributed by atoms with E-state index < -0.39 is 18.1 Å². The lowest BCUT2D eigenvalue weighted by Gasteiger charge is -2.30. The molecule has 3 rings (SSSR count). The molecule has 0 radical (unpaired) electrons. The number of thioether (sulfide) groups is 1. The predicted molar refractivity (Wildman–Crippen MR) is 115 cm³/mol. The van der Waals surface area contributed by atoms with Crippen LogP contribution in [0.5, 0.6) is 0 Å². The van der Waals surface area contributed by atoms with Crippen LogP contribution in [0.3, 0.4) is 0 Å². The summed E-state index contributed by atoms with van der Waals surface area (Å²) in [4.78, 5) is 47.3. The first-order chi connectivity index (χ1) is 14.2. The number of carbonyl (C=O) groups excluding carboxylic acids is 3. The second-order valence-electron chi connectivity index (χ2n) is 8.68. The predicted octanol–water partition coefficient (Wildman–Crippen LogP) is -1.81. The zero-order chi connectivity index (χ0) is 22.0. The molecular weight excluding hydrogens is 406 g/mol. The minimum Gasteiger partial charge on any atom is -0.462 e. The van der Waals surface area contributed by atoms with Crippen LogP contribution in [0, 0.1) is 0 Å². The van der Waals surface area contributed by atoms with Gasteiger partial charge in [0, 0.05) is 18.3 Å². The Morgan fingerprint density at radius 1 is 1.23 bits per heavy atom. The second-order valence-corrected chi connectivity index (χ2v) is 10.3. The molecule has 0 aliphatic carbocycles. The molecule has 0 aromatic carbocycles. The SMILES string of the molecule is C[C@@H]1NC(=O)[C@@H]2CCCN2C(=O)[C@H](C)S[C@H]2C[C@@H](C(O)=[NH+]CCN(C)C)N(C2)C1=O. The van der Waals surface area contributed by atoms with E-state index in [-0.39, 0.29) is 34.1 Å². The number of nitrogens with zero attached hydrogens (tertiary/aromatic N) is 3. The molecule has 168 valence electrons. The number of aliphatic hydroxyl groups excluding tert-OH is 1. The normalized spacial score (nSPS) is 33.4. The number of aliphatic hydroxyl groups is 1. The molecule has 0 spiro atoms. The summed E-state index contributed by atoms with van der Waals surface area (Å²) < 4.78 is 0. The smallest absolute Gasteiger partial charge is 0.355 e. The van der Waals surface area contributed by atoms with Crippen molar-refractivity contribution in [2.45, 2.75) is 61.7 Å². The van der Waals surface area contributed by atoms with E-state index in [1.165, 1.54) is 11.8 Å². The van der Waals surface area contributed by atoms with E-state index in [1.807, 2.05) is 25.9 Å². The van der Waals surface area contributed by atoms with Gasteiger partial charge in [-0.15, -0.1) is 11.8 Å². The van der Waals surface area contributed by atoms with E-state index in [2.05, 4.69) is 10.3 Å². The molecular formula is C20H34N5O4S+. The molecule has 3 aliphatic rings. The van der Waals surface area contributed by atoms with Crippen molar-refractivity contribution in [3.05, 3.63) is 0 Å². The van der Waals surface area contributed by atoms with Crippen LogP contribution in [-0.2, 0) is 14.4 Å². The Balaban J connectivity index is 1.84. The quantitative estimate of drug-likeness (QED) is 0.351. The fraction of sp³-hybridized carbons (Fsp3) is 0.800. The van der Waals surface area contributed by atoms with Crippen molar-refractivity contribution in [2.75, 3.05) is 40.3 Å². The van der Waals surface area contributed by atoms with Crippen molar-refractivity contribution >= 4 is 35.4 Å². The minimum absolute atomic E-state index is 0.0236. The zero-order valence-electron chi connectivity index (χ0n) is 18.3. The van der Waals surface area contributed by atoms with Crippen molar-refractivity contribution in [1.29, 1.82) is 0 Å². The highest BCUT2D eigenvalue weighted by Gasteiger charge is 2.46. The van der Waals surface area contributed by atoms with Gasteiger partial charge in [-0.1, -0.05) is 0 Å². The van der Waals surface area contributed by atoms with E-state index in [0.717, 1.165) is 13.0 Å². The number of hydrogen-bond donors (Lipinski definition) is 3. The zero-order valence-corrected chi connectivity index (χ0v) is 19.1. The standard InChI is InChI=1S/C20H33N5O4S/c1-12-19(28)25-11-14(10-16(25)17(26)21-7-9-23(3)4)30-13(2)20(29)24-8-5-6-15(24)18(27)22-12/h12-16H,5-11H2,1-4H3,(H,21,26)(H,22,27)/p+1/t12-,13-,14-,15-,16-/m0/s1. The fourth-order valence-corrected chi connectivity index (χ4v) is 5.80. The highest BCUT2D eigenvalue weighted by atomic mass is 32.2. The summed E-state index contributed by atoms with van der Waals surface area (Å²) in [6.45, 7) is 5.87. The molecule has 0 unspecified atom stereocenters. The van der Waals surface area contributed by atoms with Crippen LogP contribution in [0.15, 0.2) is 0 Å². The summed E-state index contributed by atoms with van der Waals surface area (Å²) in [7, 11) is 3.90. The molecule has 3 amide bonds. The van der Waals surface area contributed by atoms with E-state index in [4.69, 9.17) is 0 Å². The third kappa shape index (κ3) is 4.91. The molecule has 0 saturated carbocycles. The highest BCUT2D eigenvalue weighted by molar-refractivity contribution is 8.01. The summed E-state index contributed by atoms with van der Waals surface area (Å²) in [5, 5.41) is 13.2. The molecule has 2 bridgehead atoms. The molecule has 3 aliphatic heterocycles. The van der Waals surface area contributed by atoms with Gasteiger partial charge in [-0.3, -0.25) is 14.4 Å². The fourth-order valence-electron chi connectivity index (χ4n) is 4.43. The van der Waals surface area contributed by atoms with Crippen LogP contribution in [-0.4, -0.2) is 112 Å². The van der Waals surface area contributed by atoms with Crippen molar-refractivity contribution in [3.8, 4) is 0 Å². The second kappa shape index (κ2) is 9.55. The number of carbonyl (C=O) groups is 3. The van der Waals surface area contributed by atoms with Crippen LogP contribution in [0.2, 0.25) is 0 Å². The van der Waals surface area contributed by atoms with Gasteiger partial charge in [0.25, 0.3) is 0 Å². The molecule has 3 N–H and O–H groups in total. The van der Waals surface area contributed by atoms with Crippen molar-refractivity contribution in [2.24, 2.45) is 0 Å². The van der Waals surface area contributed by atoms with Crippen molar-refractivity contribution in [1.82, 2.24) is 20.0 Å². The first-order valence-corrected chi connectivity index (χ1v) is 11.6. The maximum atomic E-state index is 13.2. The van der Waals surface area contributed by atoms with Gasteiger partial charge in [0.2, 0.25) is 17.7 Å². The summed E-state index contributed by atoms with van der Waals surface area (Å²) in [6.07, 6.45) is 1.98. The summed E-state index contributed by atoms with van der Waals surface area (Å²) in [5.74, 6) is -0.434. The minimum atomic E-state index is -0.715. The Labute approximate surface area is 182 Å². The molecule has 30 heavy (non-hydrogen) atoms. The molecule has 3 heterocycles. The molecule has 5 atom stereocenters. The van der Waals surface area contributed by atoms with Crippen LogP contribution in [0.1, 0.15) is 33.1 Å². The van der Waals surface area contributed by atoms with Gasteiger partial charge >= 0.3 is 5.90 Å². The van der Waals surface area contributed by atoms with E-state index in [1.54, 1.807) is 16.7 Å². The molecule has 10 heteroatoms. The number of hydrogen-bond acceptors (Lipinski definition) is 5. The van der Waals surface area contributed by atoms with E-state index in [9.17, 15) is 19.5 Å². The van der Waals surface area contributed by atoms with Crippen LogP contribution in [0.25, 0.3) is 0 Å². The third-order valence-electron chi connectivity index (χ3n) is 6.04. The average molecular weight is 441 g/mol. The van der Waals surface area contributed by atoms with Crippen LogP contribution >= 0.6 is 11.8 Å². The summed E-state index contributed by atoms with van der Waals surface area (Å²) in [6, 6.07) is -1.70. The monoisotopic (exact) mass is 440 g/mol. The number of rotatable bonds is 4. The molecule has 9 nitrogen and oxygen atoms in total. The van der Waals surface area contributed by atoms with Gasteiger partial charge in [-0.25, -0.2) is 4.99 Å². The molecule has 3 saturated heterocycles. The van der Waals surface area contributed by atoms with Gasteiger partial charge in [0.1, 0.15) is 12.1 Å². The maximum Gasteiger partial charge on any atom is 0.355 e. The van der Waals surface area contributed by atoms with Crippen molar-refractivity contribution < 1.29 is 24.5 Å². The summed E-state index contributed by atoms with van der Waals surface area (Å²) >= 11 is 1.54. The number of likely N-dealkylation sites (N-methyl/N-ethyl adjacent to an activating group) is 1. The average Bonchev–Trinajstić information content (AvgIpc) is 3.33. The number of amides is 3. The maximum absolute atomic E-state index is 13.2. The lowest BCUT2D eigenvalue weighted by Crippen LogP contribution is -2.78. The number of nitrogens with one attached hydrogen (secondary N) is 2. The summed E-state index contributed by atoms with van der Waals surface area (Å²) in [5.41, 5.74) is 0. The highest BCUT2D eigenvalue weighted by Crippen LogP contribution is 2.33. The Hall–Kier alpha value is -1.81. The van der Waals surface area contributed by atoms with Gasteiger partial charge in [-0.05, 0) is 47.2 Å². The first kappa shape index (κ1) is 22.9. The molecule has 0 aromatic heterocycles. The van der Waals surface area contributed by atoms with Crippen molar-refractivity contribution in [3.63, 3.8) is 0 Å². The Kier molecular flexibility index (Phi) is 7.28. The Bertz CT molecular complexity index is 715. The Morgan fingerprint density at radius 3 is 2.67 bits per heavy atom. The Morgan fingerprint density at radius 2 is 1.97 bits per heavy atom. The lowest BCUT2D eigenvalue weighted by atomic mass is 10.1. The van der Waals surface area contributed by atoms with Crippen LogP contribution < -0.4 is 10.3 Å². The van der Waals surface area contributed by atoms with Gasteiger partial charge < -0.3 is 25.1 Å². The van der Waals surface area contributed by atoms with Gasteiger partial charge in [0.05, 0.1) is 11.8 Å². The van der Waals surface area contributed by atoms with E-state index in [0.29, 0.717) is 32.5 Å². The van der Waals surface area contributed by atoms with Gasteiger partial charge in [0.15, 0.2) is 12.6 Å². The topological polar surface area (TPSA) is 107 Å². The molecule has 3 fully saturated rings. The van der Waals surface area contributed by atoms with Gasteiger partial charge in [-0.2, -0.15) is 0 Å². The van der Waals surface area contributed by atoms with E-state index >= 15 is 0 Å².